The number of benzene rings is 6. The molecule has 78 heavy (non-hydrogen) atoms. The van der Waals surface area contributed by atoms with Crippen LogP contribution < -0.4 is 30.7 Å². The van der Waals surface area contributed by atoms with Crippen molar-refractivity contribution in [3.63, 3.8) is 0 Å². The standard InChI is InChI=1S/C62H68N4O12/c1-39-40(2)57(76-41(3)68)60(78-56(39)59(71)74-5)77-54-32-27-42(37-67)36-53(54)65-55(69)33-35-63-58(70)52(66-61(72)75-38-51-49-24-14-12-22-47(49)48-23-13-15-25-50(48)51)26-16-17-34-64-62(43-18-8-6-9-19-43,44-20-10-7-11-21-44)45-28-30-46(73-4)31-29-45/h6-15,18-25,27-32,36,39-40,51-52,56-57,60,64,67H,16-17,26,33-35,37-38H2,1-5H3,(H,63,70)(H,65,69)(H,66,72)/t39-,40-,52-,56-,57+,60+/m0/s1. The lowest BCUT2D eigenvalue weighted by atomic mass is 9.77. The summed E-state index contributed by atoms with van der Waals surface area (Å²) in [7, 11) is 2.88. The molecule has 0 unspecified atom stereocenters. The van der Waals surface area contributed by atoms with E-state index in [1.807, 2.05) is 91.9 Å². The van der Waals surface area contributed by atoms with Crippen molar-refractivity contribution >= 4 is 35.5 Å². The summed E-state index contributed by atoms with van der Waals surface area (Å²) in [6.07, 6.45) is -2.82. The number of carbonyl (C=O) groups excluding carboxylic acids is 5. The van der Waals surface area contributed by atoms with Gasteiger partial charge in [-0.05, 0) is 100 Å². The molecule has 16 nitrogen and oxygen atoms in total. The van der Waals surface area contributed by atoms with E-state index < -0.39 is 71.8 Å². The Labute approximate surface area is 455 Å². The molecule has 6 aromatic carbocycles. The van der Waals surface area contributed by atoms with Crippen LogP contribution in [0.2, 0.25) is 0 Å². The number of methoxy groups -OCH3 is 2. The third-order valence-electron chi connectivity index (χ3n) is 14.7. The van der Waals surface area contributed by atoms with E-state index in [0.29, 0.717) is 24.9 Å². The molecule has 6 atom stereocenters. The Bertz CT molecular complexity index is 2930. The van der Waals surface area contributed by atoms with Crippen molar-refractivity contribution in [1.82, 2.24) is 16.0 Å². The van der Waals surface area contributed by atoms with Crippen LogP contribution in [0.15, 0.2) is 152 Å². The molecule has 1 aliphatic carbocycles. The average molecular weight is 1060 g/mol. The van der Waals surface area contributed by atoms with Crippen LogP contribution in [-0.2, 0) is 50.3 Å². The van der Waals surface area contributed by atoms with E-state index in [0.717, 1.165) is 44.7 Å². The number of nitrogens with one attached hydrogen (secondary N) is 4. The number of hydrogen-bond donors (Lipinski definition) is 5. The van der Waals surface area contributed by atoms with Gasteiger partial charge in [0.15, 0.2) is 12.2 Å². The Kier molecular flexibility index (Phi) is 19.0. The molecule has 408 valence electrons. The monoisotopic (exact) mass is 1060 g/mol. The van der Waals surface area contributed by atoms with E-state index in [1.165, 1.54) is 26.2 Å². The fraction of sp³-hybridized carbons (Fsp3) is 0.339. The van der Waals surface area contributed by atoms with E-state index in [9.17, 15) is 29.1 Å². The molecule has 0 spiro atoms. The van der Waals surface area contributed by atoms with Crippen molar-refractivity contribution in [2.75, 3.05) is 39.2 Å². The highest BCUT2D eigenvalue weighted by molar-refractivity contribution is 5.93. The number of anilines is 1. The molecule has 1 heterocycles. The summed E-state index contributed by atoms with van der Waals surface area (Å²) in [6, 6.07) is 48.1. The van der Waals surface area contributed by atoms with Gasteiger partial charge in [0, 0.05) is 31.7 Å². The van der Waals surface area contributed by atoms with Gasteiger partial charge in [0.25, 0.3) is 0 Å². The molecular formula is C62H68N4O12. The Balaban J connectivity index is 0.954. The van der Waals surface area contributed by atoms with Gasteiger partial charge in [-0.2, -0.15) is 0 Å². The van der Waals surface area contributed by atoms with Gasteiger partial charge in [-0.1, -0.05) is 141 Å². The Morgan fingerprint density at radius 3 is 1.94 bits per heavy atom. The summed E-state index contributed by atoms with van der Waals surface area (Å²) in [5.74, 6) is -2.41. The van der Waals surface area contributed by atoms with Crippen LogP contribution in [0.1, 0.15) is 85.8 Å². The van der Waals surface area contributed by atoms with Crippen molar-refractivity contribution < 1.29 is 57.5 Å². The van der Waals surface area contributed by atoms with E-state index in [-0.39, 0.29) is 50.0 Å². The van der Waals surface area contributed by atoms with E-state index in [1.54, 1.807) is 20.1 Å². The fourth-order valence-electron chi connectivity index (χ4n) is 10.5. The zero-order valence-corrected chi connectivity index (χ0v) is 44.6. The van der Waals surface area contributed by atoms with Crippen molar-refractivity contribution in [2.45, 2.75) is 89.1 Å². The number of carbonyl (C=O) groups is 5. The topological polar surface area (TPSA) is 209 Å². The lowest BCUT2D eigenvalue weighted by Crippen LogP contribution is -2.55. The van der Waals surface area contributed by atoms with Gasteiger partial charge in [0.1, 0.15) is 24.1 Å². The zero-order valence-electron chi connectivity index (χ0n) is 44.6. The first-order valence-corrected chi connectivity index (χ1v) is 26.4. The Morgan fingerprint density at radius 1 is 0.718 bits per heavy atom. The normalized spacial score (nSPS) is 18.1. The maximum absolute atomic E-state index is 14.2. The quantitative estimate of drug-likeness (QED) is 0.0176. The molecule has 8 rings (SSSR count). The van der Waals surface area contributed by atoms with E-state index in [2.05, 4.69) is 69.8 Å². The van der Waals surface area contributed by atoms with Gasteiger partial charge in [0.05, 0.1) is 32.1 Å². The molecule has 2 aliphatic rings. The maximum Gasteiger partial charge on any atom is 0.407 e. The van der Waals surface area contributed by atoms with Crippen LogP contribution in [0.4, 0.5) is 10.5 Å². The molecule has 0 bridgehead atoms. The Hall–Kier alpha value is -8.05. The first-order valence-electron chi connectivity index (χ1n) is 26.4. The number of aliphatic hydroxyl groups is 1. The minimum absolute atomic E-state index is 0.0508. The van der Waals surface area contributed by atoms with Gasteiger partial charge >= 0.3 is 18.0 Å². The number of amides is 3. The highest BCUT2D eigenvalue weighted by atomic mass is 16.7. The number of alkyl carbamates (subject to hydrolysis) is 1. The smallest absolute Gasteiger partial charge is 0.407 e. The minimum Gasteiger partial charge on any atom is -0.497 e. The minimum atomic E-state index is -1.28. The van der Waals surface area contributed by atoms with Gasteiger partial charge in [-0.3, -0.25) is 19.7 Å². The largest absolute Gasteiger partial charge is 0.497 e. The highest BCUT2D eigenvalue weighted by Crippen LogP contribution is 2.45. The predicted molar refractivity (Wildman–Crippen MR) is 293 cm³/mol. The maximum atomic E-state index is 14.2. The second-order valence-corrected chi connectivity index (χ2v) is 19.6. The van der Waals surface area contributed by atoms with Crippen molar-refractivity contribution in [1.29, 1.82) is 0 Å². The van der Waals surface area contributed by atoms with Crippen molar-refractivity contribution in [3.05, 3.63) is 185 Å². The third kappa shape index (κ3) is 13.0. The molecule has 1 aliphatic heterocycles. The van der Waals surface area contributed by atoms with Crippen LogP contribution in [0.25, 0.3) is 11.1 Å². The lowest BCUT2D eigenvalue weighted by molar-refractivity contribution is -0.248. The molecule has 0 saturated carbocycles. The predicted octanol–water partition coefficient (Wildman–Crippen LogP) is 8.77. The summed E-state index contributed by atoms with van der Waals surface area (Å²) < 4.78 is 34.3. The van der Waals surface area contributed by atoms with Gasteiger partial charge in [-0.15, -0.1) is 0 Å². The lowest BCUT2D eigenvalue weighted by Gasteiger charge is -2.42. The second-order valence-electron chi connectivity index (χ2n) is 19.6. The SMILES string of the molecule is COC(=O)[C@H]1O[C@@H](Oc2ccc(CO)cc2NC(=O)CCNC(=O)[C@H](CCCCNC(c2ccccc2)(c2ccccc2)c2ccc(OC)cc2)NC(=O)OCC2c3ccccc3-c3ccccc32)[C@H](OC(C)=O)[C@@H](C)[C@@H]1C. The number of rotatable bonds is 23. The van der Waals surface area contributed by atoms with Crippen molar-refractivity contribution in [2.24, 2.45) is 11.8 Å². The molecule has 5 N–H and O–H groups in total. The third-order valence-corrected chi connectivity index (χ3v) is 14.7. The molecule has 0 aromatic heterocycles. The molecular weight excluding hydrogens is 993 g/mol. The Morgan fingerprint density at radius 2 is 1.33 bits per heavy atom. The van der Waals surface area contributed by atoms with Gasteiger partial charge in [0.2, 0.25) is 18.1 Å². The zero-order chi connectivity index (χ0) is 55.2. The number of hydrogen-bond acceptors (Lipinski definition) is 13. The highest BCUT2D eigenvalue weighted by Gasteiger charge is 2.48. The van der Waals surface area contributed by atoms with E-state index >= 15 is 0 Å². The molecule has 6 aromatic rings. The van der Waals surface area contributed by atoms with Crippen LogP contribution >= 0.6 is 0 Å². The van der Waals surface area contributed by atoms with Crippen LogP contribution in [-0.4, -0.2) is 93.4 Å². The summed E-state index contributed by atoms with van der Waals surface area (Å²) >= 11 is 0. The summed E-state index contributed by atoms with van der Waals surface area (Å²) in [6.45, 7) is 4.96. The first-order chi connectivity index (χ1) is 37.8. The number of ether oxygens (including phenoxy) is 6. The number of fused-ring (bicyclic) bond motifs is 3. The van der Waals surface area contributed by atoms with Crippen LogP contribution in [0.3, 0.4) is 0 Å². The number of aliphatic hydroxyl groups excluding tert-OH is 1. The first kappa shape index (κ1) is 56.2. The summed E-state index contributed by atoms with van der Waals surface area (Å²) in [5, 5.41) is 22.4. The average Bonchev–Trinajstić information content (AvgIpc) is 3.94. The van der Waals surface area contributed by atoms with Crippen molar-refractivity contribution in [3.8, 4) is 22.6 Å². The summed E-state index contributed by atoms with van der Waals surface area (Å²) in [5.41, 5.74) is 7.20. The number of esters is 2. The molecule has 16 heteroatoms. The van der Waals surface area contributed by atoms with Gasteiger partial charge in [-0.25, -0.2) is 9.59 Å². The number of unbranched alkanes of at least 4 members (excludes halogenated alkanes) is 1. The van der Waals surface area contributed by atoms with Crippen LogP contribution in [0, 0.1) is 11.8 Å². The second kappa shape index (κ2) is 26.3. The fourth-order valence-corrected chi connectivity index (χ4v) is 10.5. The van der Waals surface area contributed by atoms with E-state index in [4.69, 9.17) is 28.4 Å². The molecule has 3 amide bonds. The molecule has 1 saturated heterocycles. The molecule has 0 radical (unpaired) electrons. The van der Waals surface area contributed by atoms with Gasteiger partial charge < -0.3 is 49.5 Å². The summed E-state index contributed by atoms with van der Waals surface area (Å²) in [4.78, 5) is 66.6. The molecule has 1 fully saturated rings. The van der Waals surface area contributed by atoms with Crippen LogP contribution in [0.5, 0.6) is 11.5 Å².